The van der Waals surface area contributed by atoms with Crippen molar-refractivity contribution in [2.24, 2.45) is 0 Å². The minimum absolute atomic E-state index is 0.0578. The Labute approximate surface area is 167 Å². The Kier molecular flexibility index (Phi) is 6.65. The molecule has 1 saturated heterocycles. The van der Waals surface area contributed by atoms with Gasteiger partial charge in [-0.15, -0.1) is 0 Å². The van der Waals surface area contributed by atoms with Gasteiger partial charge in [0, 0.05) is 50.7 Å². The predicted octanol–water partition coefficient (Wildman–Crippen LogP) is 2.77. The van der Waals surface area contributed by atoms with Crippen molar-refractivity contribution in [2.45, 2.75) is 27.3 Å². The fourth-order valence-corrected chi connectivity index (χ4v) is 3.78. The summed E-state index contributed by atoms with van der Waals surface area (Å²) >= 11 is 0. The van der Waals surface area contributed by atoms with Gasteiger partial charge >= 0.3 is 0 Å². The molecule has 2 heterocycles. The minimum atomic E-state index is 0.0578. The van der Waals surface area contributed by atoms with Crippen molar-refractivity contribution in [1.82, 2.24) is 14.8 Å². The molecule has 1 amide bonds. The SMILES string of the molecule is COc1cc(CN2CCN(CC(=O)Nc3c(C)cc(C)cc3C)CC2)ccn1. The van der Waals surface area contributed by atoms with E-state index in [2.05, 4.69) is 39.2 Å². The van der Waals surface area contributed by atoms with Crippen molar-refractivity contribution in [3.8, 4) is 5.88 Å². The topological polar surface area (TPSA) is 57.7 Å². The quantitative estimate of drug-likeness (QED) is 0.833. The number of anilines is 1. The molecule has 6 heteroatoms. The van der Waals surface area contributed by atoms with Crippen LogP contribution in [-0.2, 0) is 11.3 Å². The first-order chi connectivity index (χ1) is 13.4. The number of benzene rings is 1. The number of aromatic nitrogens is 1. The van der Waals surface area contributed by atoms with Gasteiger partial charge in [-0.05, 0) is 43.5 Å². The van der Waals surface area contributed by atoms with Gasteiger partial charge in [-0.25, -0.2) is 4.98 Å². The lowest BCUT2D eigenvalue weighted by Crippen LogP contribution is -2.48. The molecule has 0 aliphatic carbocycles. The van der Waals surface area contributed by atoms with E-state index in [0.29, 0.717) is 12.4 Å². The van der Waals surface area contributed by atoms with Crippen LogP contribution in [0.5, 0.6) is 5.88 Å². The summed E-state index contributed by atoms with van der Waals surface area (Å²) in [4.78, 5) is 21.3. The second-order valence-electron chi connectivity index (χ2n) is 7.58. The van der Waals surface area contributed by atoms with Gasteiger partial charge in [-0.1, -0.05) is 17.7 Å². The molecular weight excluding hydrogens is 352 g/mol. The predicted molar refractivity (Wildman–Crippen MR) is 112 cm³/mol. The molecule has 1 aromatic carbocycles. The third-order valence-electron chi connectivity index (χ3n) is 5.19. The van der Waals surface area contributed by atoms with Gasteiger partial charge < -0.3 is 10.1 Å². The fraction of sp³-hybridized carbons (Fsp3) is 0.455. The highest BCUT2D eigenvalue weighted by molar-refractivity contribution is 5.93. The molecule has 1 aliphatic heterocycles. The van der Waals surface area contributed by atoms with E-state index in [1.807, 2.05) is 26.0 Å². The van der Waals surface area contributed by atoms with Crippen molar-refractivity contribution in [3.63, 3.8) is 0 Å². The second-order valence-corrected chi connectivity index (χ2v) is 7.58. The Morgan fingerprint density at radius 1 is 1.07 bits per heavy atom. The fourth-order valence-electron chi connectivity index (χ4n) is 3.78. The Morgan fingerprint density at radius 2 is 1.71 bits per heavy atom. The lowest BCUT2D eigenvalue weighted by atomic mass is 10.1. The van der Waals surface area contributed by atoms with Crippen LogP contribution in [0.25, 0.3) is 0 Å². The number of piperazine rings is 1. The maximum atomic E-state index is 12.5. The normalized spacial score (nSPS) is 15.4. The van der Waals surface area contributed by atoms with Gasteiger partial charge in [0.1, 0.15) is 0 Å². The van der Waals surface area contributed by atoms with Gasteiger partial charge in [0.15, 0.2) is 0 Å². The molecule has 0 unspecified atom stereocenters. The molecular formula is C22H30N4O2. The molecule has 28 heavy (non-hydrogen) atoms. The van der Waals surface area contributed by atoms with Crippen LogP contribution in [0.3, 0.4) is 0 Å². The molecule has 1 fully saturated rings. The molecule has 0 radical (unpaired) electrons. The smallest absolute Gasteiger partial charge is 0.238 e. The molecule has 1 aliphatic rings. The largest absolute Gasteiger partial charge is 0.481 e. The van der Waals surface area contributed by atoms with Crippen LogP contribution >= 0.6 is 0 Å². The van der Waals surface area contributed by atoms with Crippen LogP contribution in [-0.4, -0.2) is 60.5 Å². The van der Waals surface area contributed by atoms with Gasteiger partial charge in [0.2, 0.25) is 11.8 Å². The Balaban J connectivity index is 1.48. The lowest BCUT2D eigenvalue weighted by molar-refractivity contribution is -0.117. The zero-order chi connectivity index (χ0) is 20.1. The average molecular weight is 383 g/mol. The first-order valence-electron chi connectivity index (χ1n) is 9.76. The highest BCUT2D eigenvalue weighted by atomic mass is 16.5. The summed E-state index contributed by atoms with van der Waals surface area (Å²) in [6.07, 6.45) is 1.78. The van der Waals surface area contributed by atoms with E-state index in [-0.39, 0.29) is 5.91 Å². The summed E-state index contributed by atoms with van der Waals surface area (Å²) in [5.74, 6) is 0.705. The molecule has 6 nitrogen and oxygen atoms in total. The second kappa shape index (κ2) is 9.17. The van der Waals surface area contributed by atoms with Crippen molar-refractivity contribution < 1.29 is 9.53 Å². The van der Waals surface area contributed by atoms with Gasteiger partial charge in [0.05, 0.1) is 13.7 Å². The highest BCUT2D eigenvalue weighted by Crippen LogP contribution is 2.22. The Hall–Kier alpha value is -2.44. The Morgan fingerprint density at radius 3 is 2.36 bits per heavy atom. The first-order valence-corrected chi connectivity index (χ1v) is 9.76. The first kappa shape index (κ1) is 20.3. The molecule has 0 atom stereocenters. The third-order valence-corrected chi connectivity index (χ3v) is 5.19. The maximum absolute atomic E-state index is 12.5. The number of pyridine rings is 1. The van der Waals surface area contributed by atoms with E-state index < -0.39 is 0 Å². The minimum Gasteiger partial charge on any atom is -0.481 e. The zero-order valence-electron chi connectivity index (χ0n) is 17.3. The molecule has 1 aromatic heterocycles. The number of methoxy groups -OCH3 is 1. The summed E-state index contributed by atoms with van der Waals surface area (Å²) in [5.41, 5.74) is 5.59. The molecule has 2 aromatic rings. The van der Waals surface area contributed by atoms with E-state index in [4.69, 9.17) is 4.74 Å². The van der Waals surface area contributed by atoms with Gasteiger partial charge in [0.25, 0.3) is 0 Å². The summed E-state index contributed by atoms with van der Waals surface area (Å²) in [7, 11) is 1.63. The summed E-state index contributed by atoms with van der Waals surface area (Å²) in [6, 6.07) is 8.21. The number of aryl methyl sites for hydroxylation is 3. The van der Waals surface area contributed by atoms with Gasteiger partial charge in [-0.3, -0.25) is 14.6 Å². The number of rotatable bonds is 6. The highest BCUT2D eigenvalue weighted by Gasteiger charge is 2.20. The van der Waals surface area contributed by atoms with E-state index in [0.717, 1.165) is 49.5 Å². The van der Waals surface area contributed by atoms with Gasteiger partial charge in [-0.2, -0.15) is 0 Å². The van der Waals surface area contributed by atoms with Crippen LogP contribution < -0.4 is 10.1 Å². The number of hydrogen-bond donors (Lipinski definition) is 1. The number of hydrogen-bond acceptors (Lipinski definition) is 5. The van der Waals surface area contributed by atoms with E-state index >= 15 is 0 Å². The van der Waals surface area contributed by atoms with E-state index in [1.54, 1.807) is 13.3 Å². The van der Waals surface area contributed by atoms with Crippen LogP contribution in [0.1, 0.15) is 22.3 Å². The number of ether oxygens (including phenoxy) is 1. The zero-order valence-corrected chi connectivity index (χ0v) is 17.3. The monoisotopic (exact) mass is 382 g/mol. The number of amides is 1. The average Bonchev–Trinajstić information content (AvgIpc) is 2.66. The number of carbonyl (C=O) groups is 1. The molecule has 0 spiro atoms. The molecule has 0 saturated carbocycles. The number of carbonyl (C=O) groups excluding carboxylic acids is 1. The van der Waals surface area contributed by atoms with Crippen molar-refractivity contribution in [2.75, 3.05) is 45.2 Å². The summed E-state index contributed by atoms with van der Waals surface area (Å²) in [5, 5.41) is 3.10. The number of nitrogens with zero attached hydrogens (tertiary/aromatic N) is 3. The molecule has 0 bridgehead atoms. The standard InChI is InChI=1S/C22H30N4O2/c1-16-11-17(2)22(18(3)12-16)24-20(27)15-26-9-7-25(8-10-26)14-19-5-6-23-21(13-19)28-4/h5-6,11-13H,7-10,14-15H2,1-4H3,(H,24,27). The number of nitrogens with one attached hydrogen (secondary N) is 1. The van der Waals surface area contributed by atoms with Crippen molar-refractivity contribution in [3.05, 3.63) is 52.7 Å². The van der Waals surface area contributed by atoms with Crippen LogP contribution in [0.2, 0.25) is 0 Å². The lowest BCUT2D eigenvalue weighted by Gasteiger charge is -2.34. The maximum Gasteiger partial charge on any atom is 0.238 e. The van der Waals surface area contributed by atoms with Crippen LogP contribution in [0.15, 0.2) is 30.5 Å². The summed E-state index contributed by atoms with van der Waals surface area (Å²) in [6.45, 7) is 11.1. The Bertz CT molecular complexity index is 806. The molecule has 150 valence electrons. The van der Waals surface area contributed by atoms with E-state index in [9.17, 15) is 4.79 Å². The van der Waals surface area contributed by atoms with Crippen LogP contribution in [0, 0.1) is 20.8 Å². The molecule has 1 N–H and O–H groups in total. The van der Waals surface area contributed by atoms with Crippen molar-refractivity contribution in [1.29, 1.82) is 0 Å². The third kappa shape index (κ3) is 5.30. The van der Waals surface area contributed by atoms with Crippen LogP contribution in [0.4, 0.5) is 5.69 Å². The summed E-state index contributed by atoms with van der Waals surface area (Å²) < 4.78 is 5.19. The molecule has 3 rings (SSSR count). The van der Waals surface area contributed by atoms with Crippen molar-refractivity contribution >= 4 is 11.6 Å². The van der Waals surface area contributed by atoms with E-state index in [1.165, 1.54) is 11.1 Å².